The third-order valence-electron chi connectivity index (χ3n) is 3.55. The number of hydrogen-bond donors (Lipinski definition) is 0. The van der Waals surface area contributed by atoms with Crippen molar-refractivity contribution in [3.8, 4) is 0 Å². The third-order valence-corrected chi connectivity index (χ3v) is 4.04. The van der Waals surface area contributed by atoms with Crippen molar-refractivity contribution in [2.45, 2.75) is 13.5 Å². The second-order valence-electron chi connectivity index (χ2n) is 5.25. The maximum atomic E-state index is 13.9. The average molecular weight is 377 g/mol. The highest BCUT2D eigenvalue weighted by Crippen LogP contribution is 2.19. The Morgan fingerprint density at radius 2 is 2.22 bits per heavy atom. The highest BCUT2D eigenvalue weighted by atomic mass is 79.9. The molecule has 0 aliphatic carbocycles. The fourth-order valence-electron chi connectivity index (χ4n) is 2.43. The van der Waals surface area contributed by atoms with Crippen LogP contribution in [-0.4, -0.2) is 32.5 Å². The minimum absolute atomic E-state index is 0.160. The highest BCUT2D eigenvalue weighted by Gasteiger charge is 2.22. The van der Waals surface area contributed by atoms with Crippen molar-refractivity contribution in [2.24, 2.45) is 0 Å². The topological polar surface area (TPSA) is 50.5 Å². The molecule has 2 heterocycles. The first-order valence-corrected chi connectivity index (χ1v) is 7.76. The fraction of sp³-hybridized carbons (Fsp3) is 0.188. The molecule has 0 saturated carbocycles. The monoisotopic (exact) mass is 376 g/mol. The Balaban J connectivity index is 1.93. The summed E-state index contributed by atoms with van der Waals surface area (Å²) in [6.07, 6.45) is 3.35. The highest BCUT2D eigenvalue weighted by molar-refractivity contribution is 9.10. The molecule has 118 valence electrons. The summed E-state index contributed by atoms with van der Waals surface area (Å²) < 4.78 is 16.2. The average Bonchev–Trinajstić information content (AvgIpc) is 2.86. The second-order valence-corrected chi connectivity index (χ2v) is 6.16. The summed E-state index contributed by atoms with van der Waals surface area (Å²) in [7, 11) is 1.63. The number of amides is 1. The van der Waals surface area contributed by atoms with Gasteiger partial charge in [-0.3, -0.25) is 4.79 Å². The zero-order valence-corrected chi connectivity index (χ0v) is 14.2. The lowest BCUT2D eigenvalue weighted by Crippen LogP contribution is -2.27. The number of nitrogens with zero attached hydrogens (tertiary/aromatic N) is 4. The van der Waals surface area contributed by atoms with Crippen molar-refractivity contribution in [3.05, 3.63) is 63.8 Å². The van der Waals surface area contributed by atoms with Gasteiger partial charge in [0.1, 0.15) is 11.4 Å². The van der Waals surface area contributed by atoms with Crippen LogP contribution in [0.3, 0.4) is 0 Å². The summed E-state index contributed by atoms with van der Waals surface area (Å²) in [5.74, 6) is -0.585. The molecule has 1 aromatic carbocycles. The molecule has 23 heavy (non-hydrogen) atoms. The molecule has 7 heteroatoms. The van der Waals surface area contributed by atoms with E-state index in [-0.39, 0.29) is 18.3 Å². The van der Waals surface area contributed by atoms with Crippen molar-refractivity contribution in [2.75, 3.05) is 7.05 Å². The maximum Gasteiger partial charge on any atom is 0.259 e. The van der Waals surface area contributed by atoms with Crippen molar-refractivity contribution >= 4 is 27.5 Å². The third kappa shape index (κ3) is 2.96. The van der Waals surface area contributed by atoms with Crippen molar-refractivity contribution in [3.63, 3.8) is 0 Å². The zero-order chi connectivity index (χ0) is 16.6. The van der Waals surface area contributed by atoms with Gasteiger partial charge in [-0.1, -0.05) is 15.9 Å². The zero-order valence-electron chi connectivity index (χ0n) is 12.6. The van der Waals surface area contributed by atoms with Gasteiger partial charge in [0, 0.05) is 36.0 Å². The summed E-state index contributed by atoms with van der Waals surface area (Å²) in [5.41, 5.74) is 1.97. The molecule has 3 aromatic rings. The number of carbonyl (C=O) groups is 1. The van der Waals surface area contributed by atoms with Crippen LogP contribution in [0, 0.1) is 12.7 Å². The molecule has 5 nitrogen and oxygen atoms in total. The van der Waals surface area contributed by atoms with Gasteiger partial charge in [0.05, 0.1) is 5.69 Å². The smallest absolute Gasteiger partial charge is 0.259 e. The molecule has 3 rings (SSSR count). The number of aromatic nitrogens is 3. The predicted octanol–water partition coefficient (Wildman–Crippen LogP) is 3.21. The number of aryl methyl sites for hydroxylation is 1. The summed E-state index contributed by atoms with van der Waals surface area (Å²) in [6, 6.07) is 6.41. The molecule has 0 N–H and O–H groups in total. The molecule has 0 fully saturated rings. The number of fused-ring (bicyclic) bond motifs is 1. The Labute approximate surface area is 140 Å². The number of halogens is 2. The Morgan fingerprint density at radius 3 is 3.00 bits per heavy atom. The summed E-state index contributed by atoms with van der Waals surface area (Å²) in [4.78, 5) is 18.4. The Morgan fingerprint density at radius 1 is 1.43 bits per heavy atom. The van der Waals surface area contributed by atoms with E-state index >= 15 is 0 Å². The maximum absolute atomic E-state index is 13.9. The second kappa shape index (κ2) is 6.08. The molecule has 0 aliphatic rings. The standard InChI is InChI=1S/C16H14BrFN4O/c1-10-14(15-19-6-3-7-22(15)20-10)16(23)21(2)9-11-8-12(17)4-5-13(11)18/h3-8H,9H2,1-2H3. The van der Waals surface area contributed by atoms with Gasteiger partial charge >= 0.3 is 0 Å². The molecule has 0 unspecified atom stereocenters. The summed E-state index contributed by atoms with van der Waals surface area (Å²) in [5, 5.41) is 4.28. The molecular formula is C16H14BrFN4O. The number of hydrogen-bond acceptors (Lipinski definition) is 3. The molecule has 2 aromatic heterocycles. The number of rotatable bonds is 3. The van der Waals surface area contributed by atoms with Gasteiger partial charge in [0.15, 0.2) is 5.65 Å². The first-order chi connectivity index (χ1) is 11.0. The first kappa shape index (κ1) is 15.6. The van der Waals surface area contributed by atoms with Crippen LogP contribution in [0.5, 0.6) is 0 Å². The summed E-state index contributed by atoms with van der Waals surface area (Å²) >= 11 is 3.31. The largest absolute Gasteiger partial charge is 0.337 e. The van der Waals surface area contributed by atoms with Gasteiger partial charge in [-0.05, 0) is 31.2 Å². The van der Waals surface area contributed by atoms with Crippen LogP contribution in [0.1, 0.15) is 21.6 Å². The molecule has 0 bridgehead atoms. The van der Waals surface area contributed by atoms with E-state index in [4.69, 9.17) is 0 Å². The molecular weight excluding hydrogens is 363 g/mol. The van der Waals surface area contributed by atoms with Crippen LogP contribution in [-0.2, 0) is 6.54 Å². The quantitative estimate of drug-likeness (QED) is 0.705. The molecule has 0 atom stereocenters. The van der Waals surface area contributed by atoms with Crippen molar-refractivity contribution < 1.29 is 9.18 Å². The van der Waals surface area contributed by atoms with E-state index < -0.39 is 0 Å². The normalized spacial score (nSPS) is 11.0. The lowest BCUT2D eigenvalue weighted by atomic mass is 10.1. The lowest BCUT2D eigenvalue weighted by molar-refractivity contribution is 0.0785. The lowest BCUT2D eigenvalue weighted by Gasteiger charge is -2.17. The fourth-order valence-corrected chi connectivity index (χ4v) is 2.84. The van der Waals surface area contributed by atoms with Gasteiger partial charge in [-0.2, -0.15) is 5.10 Å². The van der Waals surface area contributed by atoms with Gasteiger partial charge in [-0.15, -0.1) is 0 Å². The molecule has 0 aliphatic heterocycles. The van der Waals surface area contributed by atoms with E-state index in [1.165, 1.54) is 11.0 Å². The van der Waals surface area contributed by atoms with E-state index in [0.717, 1.165) is 4.47 Å². The van der Waals surface area contributed by atoms with Gasteiger partial charge in [0.2, 0.25) is 0 Å². The minimum atomic E-state index is -0.345. The molecule has 0 radical (unpaired) electrons. The van der Waals surface area contributed by atoms with E-state index in [2.05, 4.69) is 26.0 Å². The molecule has 1 amide bonds. The van der Waals surface area contributed by atoms with E-state index in [9.17, 15) is 9.18 Å². The van der Waals surface area contributed by atoms with Crippen LogP contribution < -0.4 is 0 Å². The van der Waals surface area contributed by atoms with Crippen LogP contribution >= 0.6 is 15.9 Å². The summed E-state index contributed by atoms with van der Waals surface area (Å²) in [6.45, 7) is 1.92. The van der Waals surface area contributed by atoms with Crippen LogP contribution in [0.2, 0.25) is 0 Å². The SMILES string of the molecule is Cc1nn2cccnc2c1C(=O)N(C)Cc1cc(Br)ccc1F. The first-order valence-electron chi connectivity index (χ1n) is 6.96. The van der Waals surface area contributed by atoms with Crippen LogP contribution in [0.25, 0.3) is 5.65 Å². The van der Waals surface area contributed by atoms with E-state index in [1.54, 1.807) is 49.1 Å². The minimum Gasteiger partial charge on any atom is -0.337 e. The number of carbonyl (C=O) groups excluding carboxylic acids is 1. The Bertz CT molecular complexity index is 893. The van der Waals surface area contributed by atoms with Gasteiger partial charge < -0.3 is 4.90 Å². The van der Waals surface area contributed by atoms with E-state index in [0.29, 0.717) is 22.5 Å². The predicted molar refractivity (Wildman–Crippen MR) is 87.6 cm³/mol. The van der Waals surface area contributed by atoms with E-state index in [1.807, 2.05) is 0 Å². The molecule has 0 saturated heterocycles. The van der Waals surface area contributed by atoms with Crippen LogP contribution in [0.15, 0.2) is 41.1 Å². The Hall–Kier alpha value is -2.28. The van der Waals surface area contributed by atoms with Gasteiger partial charge in [0.25, 0.3) is 5.91 Å². The molecule has 0 spiro atoms. The van der Waals surface area contributed by atoms with Crippen molar-refractivity contribution in [1.29, 1.82) is 0 Å². The van der Waals surface area contributed by atoms with Crippen molar-refractivity contribution in [1.82, 2.24) is 19.5 Å². The van der Waals surface area contributed by atoms with Gasteiger partial charge in [-0.25, -0.2) is 13.9 Å². The van der Waals surface area contributed by atoms with Crippen LogP contribution in [0.4, 0.5) is 4.39 Å². The Kier molecular flexibility index (Phi) is 4.12. The number of benzene rings is 1.